The van der Waals surface area contributed by atoms with E-state index in [9.17, 15) is 13.2 Å². The Hall–Kier alpha value is -2.66. The van der Waals surface area contributed by atoms with E-state index in [0.717, 1.165) is 55.0 Å². The average molecular weight is 382 g/mol. The first-order valence-corrected chi connectivity index (χ1v) is 9.42. The molecule has 0 bridgehead atoms. The summed E-state index contributed by atoms with van der Waals surface area (Å²) >= 11 is 0. The van der Waals surface area contributed by atoms with Crippen molar-refractivity contribution in [2.24, 2.45) is 0 Å². The van der Waals surface area contributed by atoms with Gasteiger partial charge in [0.15, 0.2) is 0 Å². The number of alkyl halides is 3. The number of halogens is 3. The SMILES string of the molecule is FC(F)(F)c1cccc(C2=CCN(CCc3ccc4ncccc4c3)CC2)c1. The van der Waals surface area contributed by atoms with E-state index >= 15 is 0 Å². The van der Waals surface area contributed by atoms with Gasteiger partial charge in [0, 0.05) is 31.2 Å². The van der Waals surface area contributed by atoms with Crippen LogP contribution in [-0.4, -0.2) is 29.5 Å². The molecule has 144 valence electrons. The first-order chi connectivity index (χ1) is 13.5. The standard InChI is InChI=1S/C23H21F3N2/c24-23(25,26)21-5-1-3-19(16-21)18-9-13-28(14-10-18)12-8-17-6-7-22-20(15-17)4-2-11-27-22/h1-7,9,11,15-16H,8,10,12-14H2. The van der Waals surface area contributed by atoms with Crippen LogP contribution < -0.4 is 0 Å². The minimum Gasteiger partial charge on any atom is -0.299 e. The Balaban J connectivity index is 1.38. The minimum atomic E-state index is -4.30. The van der Waals surface area contributed by atoms with E-state index in [1.807, 2.05) is 12.1 Å². The highest BCUT2D eigenvalue weighted by Crippen LogP contribution is 2.32. The topological polar surface area (TPSA) is 16.1 Å². The maximum Gasteiger partial charge on any atom is 0.416 e. The number of hydrogen-bond donors (Lipinski definition) is 0. The van der Waals surface area contributed by atoms with Crippen LogP contribution in [0.2, 0.25) is 0 Å². The van der Waals surface area contributed by atoms with Crippen LogP contribution in [0.15, 0.2) is 66.9 Å². The second-order valence-electron chi connectivity index (χ2n) is 7.14. The predicted octanol–water partition coefficient (Wildman–Crippen LogP) is 5.59. The number of hydrogen-bond acceptors (Lipinski definition) is 2. The molecule has 0 unspecified atom stereocenters. The molecule has 0 saturated carbocycles. The van der Waals surface area contributed by atoms with Crippen LogP contribution in [0.5, 0.6) is 0 Å². The highest BCUT2D eigenvalue weighted by molar-refractivity contribution is 5.78. The van der Waals surface area contributed by atoms with Crippen LogP contribution in [0.4, 0.5) is 13.2 Å². The molecule has 2 aromatic carbocycles. The molecule has 1 aromatic heterocycles. The van der Waals surface area contributed by atoms with E-state index < -0.39 is 11.7 Å². The summed E-state index contributed by atoms with van der Waals surface area (Å²) in [6, 6.07) is 16.0. The Morgan fingerprint density at radius 3 is 2.68 bits per heavy atom. The normalized spacial score (nSPS) is 15.6. The molecule has 0 saturated heterocycles. The molecule has 0 atom stereocenters. The van der Waals surface area contributed by atoms with Gasteiger partial charge in [0.05, 0.1) is 11.1 Å². The fourth-order valence-electron chi connectivity index (χ4n) is 3.64. The Kier molecular flexibility index (Phi) is 5.18. The van der Waals surface area contributed by atoms with Crippen molar-refractivity contribution in [1.29, 1.82) is 0 Å². The van der Waals surface area contributed by atoms with Gasteiger partial charge in [-0.05, 0) is 59.9 Å². The Bertz CT molecular complexity index is 1010. The molecule has 3 aromatic rings. The first-order valence-electron chi connectivity index (χ1n) is 9.42. The molecule has 1 aliphatic rings. The Labute approximate surface area is 162 Å². The molecule has 5 heteroatoms. The smallest absolute Gasteiger partial charge is 0.299 e. The maximum absolute atomic E-state index is 12.9. The number of pyridine rings is 1. The third-order valence-corrected chi connectivity index (χ3v) is 5.24. The average Bonchev–Trinajstić information content (AvgIpc) is 2.72. The monoisotopic (exact) mass is 382 g/mol. The number of benzene rings is 2. The lowest BCUT2D eigenvalue weighted by Gasteiger charge is -2.26. The van der Waals surface area contributed by atoms with E-state index in [-0.39, 0.29) is 0 Å². The van der Waals surface area contributed by atoms with Crippen molar-refractivity contribution in [2.75, 3.05) is 19.6 Å². The summed E-state index contributed by atoms with van der Waals surface area (Å²) in [4.78, 5) is 6.68. The molecule has 0 fully saturated rings. The zero-order valence-corrected chi connectivity index (χ0v) is 15.4. The highest BCUT2D eigenvalue weighted by Gasteiger charge is 2.30. The number of rotatable bonds is 4. The third-order valence-electron chi connectivity index (χ3n) is 5.24. The lowest BCUT2D eigenvalue weighted by molar-refractivity contribution is -0.137. The summed E-state index contributed by atoms with van der Waals surface area (Å²) in [6.45, 7) is 2.55. The van der Waals surface area contributed by atoms with Gasteiger partial charge in [0.2, 0.25) is 0 Å². The van der Waals surface area contributed by atoms with E-state index in [4.69, 9.17) is 0 Å². The maximum atomic E-state index is 12.9. The second-order valence-corrected chi connectivity index (χ2v) is 7.14. The van der Waals surface area contributed by atoms with E-state index in [1.165, 1.54) is 17.7 Å². The van der Waals surface area contributed by atoms with Gasteiger partial charge in [-0.1, -0.05) is 30.3 Å². The molecule has 2 heterocycles. The van der Waals surface area contributed by atoms with Crippen molar-refractivity contribution in [2.45, 2.75) is 19.0 Å². The Morgan fingerprint density at radius 2 is 1.89 bits per heavy atom. The van der Waals surface area contributed by atoms with Crippen LogP contribution in [-0.2, 0) is 12.6 Å². The van der Waals surface area contributed by atoms with Gasteiger partial charge in [0.25, 0.3) is 0 Å². The van der Waals surface area contributed by atoms with Gasteiger partial charge in [-0.2, -0.15) is 13.2 Å². The van der Waals surface area contributed by atoms with Crippen molar-refractivity contribution in [3.63, 3.8) is 0 Å². The fourth-order valence-corrected chi connectivity index (χ4v) is 3.64. The molecule has 0 radical (unpaired) electrons. The molecule has 1 aliphatic heterocycles. The van der Waals surface area contributed by atoms with Crippen molar-refractivity contribution in [1.82, 2.24) is 9.88 Å². The zero-order chi connectivity index (χ0) is 19.6. The summed E-state index contributed by atoms with van der Waals surface area (Å²) in [5.74, 6) is 0. The zero-order valence-electron chi connectivity index (χ0n) is 15.4. The van der Waals surface area contributed by atoms with Crippen molar-refractivity contribution in [3.8, 4) is 0 Å². The third kappa shape index (κ3) is 4.25. The molecule has 4 rings (SSSR count). The van der Waals surface area contributed by atoms with Crippen LogP contribution in [0.25, 0.3) is 16.5 Å². The Morgan fingerprint density at radius 1 is 1.00 bits per heavy atom. The fraction of sp³-hybridized carbons (Fsp3) is 0.261. The second kappa shape index (κ2) is 7.76. The largest absolute Gasteiger partial charge is 0.416 e. The summed E-state index contributed by atoms with van der Waals surface area (Å²) < 4.78 is 38.8. The van der Waals surface area contributed by atoms with Crippen LogP contribution in [0.1, 0.15) is 23.1 Å². The van der Waals surface area contributed by atoms with E-state index in [2.05, 4.69) is 34.2 Å². The summed E-state index contributed by atoms with van der Waals surface area (Å²) in [6.07, 6.45) is 1.26. The van der Waals surface area contributed by atoms with Gasteiger partial charge in [-0.25, -0.2) is 0 Å². The van der Waals surface area contributed by atoms with Crippen LogP contribution >= 0.6 is 0 Å². The highest BCUT2D eigenvalue weighted by atomic mass is 19.4. The van der Waals surface area contributed by atoms with Crippen molar-refractivity contribution in [3.05, 3.63) is 83.6 Å². The van der Waals surface area contributed by atoms with Crippen molar-refractivity contribution < 1.29 is 13.2 Å². The number of fused-ring (bicyclic) bond motifs is 1. The van der Waals surface area contributed by atoms with Gasteiger partial charge in [-0.3, -0.25) is 9.88 Å². The van der Waals surface area contributed by atoms with Crippen molar-refractivity contribution >= 4 is 16.5 Å². The van der Waals surface area contributed by atoms with Gasteiger partial charge in [-0.15, -0.1) is 0 Å². The van der Waals surface area contributed by atoms with E-state index in [1.54, 1.807) is 12.3 Å². The van der Waals surface area contributed by atoms with Gasteiger partial charge >= 0.3 is 6.18 Å². The minimum absolute atomic E-state index is 0.584. The molecule has 28 heavy (non-hydrogen) atoms. The molecule has 0 N–H and O–H groups in total. The number of nitrogens with zero attached hydrogens (tertiary/aromatic N) is 2. The van der Waals surface area contributed by atoms with Crippen LogP contribution in [0.3, 0.4) is 0 Å². The van der Waals surface area contributed by atoms with Crippen LogP contribution in [0, 0.1) is 0 Å². The lowest BCUT2D eigenvalue weighted by Crippen LogP contribution is -2.30. The predicted molar refractivity (Wildman–Crippen MR) is 106 cm³/mol. The summed E-state index contributed by atoms with van der Waals surface area (Å²) in [5, 5.41) is 1.14. The summed E-state index contributed by atoms with van der Waals surface area (Å²) in [7, 11) is 0. The summed E-state index contributed by atoms with van der Waals surface area (Å²) in [5.41, 5.74) is 3.36. The lowest BCUT2D eigenvalue weighted by atomic mass is 9.97. The van der Waals surface area contributed by atoms with Gasteiger partial charge in [0.1, 0.15) is 0 Å². The number of aromatic nitrogens is 1. The quantitative estimate of drug-likeness (QED) is 0.585. The first kappa shape index (κ1) is 18.7. The molecule has 0 amide bonds. The molecule has 2 nitrogen and oxygen atoms in total. The molecule has 0 aliphatic carbocycles. The molecular formula is C23H21F3N2. The van der Waals surface area contributed by atoms with E-state index in [0.29, 0.717) is 5.56 Å². The van der Waals surface area contributed by atoms with Gasteiger partial charge < -0.3 is 0 Å². The molecular weight excluding hydrogens is 361 g/mol. The molecule has 0 spiro atoms.